The van der Waals surface area contributed by atoms with Crippen LogP contribution >= 0.6 is 0 Å². The molecule has 0 spiro atoms. The molecule has 4 heteroatoms. The van der Waals surface area contributed by atoms with Gasteiger partial charge in [0.2, 0.25) is 0 Å². The minimum Gasteiger partial charge on any atom is -0.348 e. The van der Waals surface area contributed by atoms with Crippen LogP contribution in [0.4, 0.5) is 0 Å². The lowest BCUT2D eigenvalue weighted by Gasteiger charge is -2.11. The van der Waals surface area contributed by atoms with Crippen molar-refractivity contribution in [1.82, 2.24) is 15.5 Å². The lowest BCUT2D eigenvalue weighted by molar-refractivity contribution is 0.0934. The predicted octanol–water partition coefficient (Wildman–Crippen LogP) is 2.48. The Morgan fingerprint density at radius 2 is 2.22 bits per heavy atom. The average Bonchev–Trinajstić information content (AvgIpc) is 2.95. The van der Waals surface area contributed by atoms with E-state index in [1.54, 1.807) is 0 Å². The fourth-order valence-electron chi connectivity index (χ4n) is 2.73. The average molecular weight is 243 g/mol. The third-order valence-corrected chi connectivity index (χ3v) is 3.72. The van der Waals surface area contributed by atoms with Gasteiger partial charge in [-0.2, -0.15) is 5.10 Å². The monoisotopic (exact) mass is 243 g/mol. The molecule has 1 saturated carbocycles. The Morgan fingerprint density at radius 1 is 1.39 bits per heavy atom. The molecule has 0 bridgehead atoms. The maximum Gasteiger partial charge on any atom is 0.272 e. The number of fused-ring (bicyclic) bond motifs is 1. The van der Waals surface area contributed by atoms with Crippen molar-refractivity contribution >= 4 is 16.8 Å². The van der Waals surface area contributed by atoms with E-state index in [-0.39, 0.29) is 5.91 Å². The van der Waals surface area contributed by atoms with Crippen molar-refractivity contribution < 1.29 is 4.79 Å². The Morgan fingerprint density at radius 3 is 3.00 bits per heavy atom. The lowest BCUT2D eigenvalue weighted by Crippen LogP contribution is -2.33. The molecular formula is C14H17N3O. The van der Waals surface area contributed by atoms with E-state index in [9.17, 15) is 4.79 Å². The summed E-state index contributed by atoms with van der Waals surface area (Å²) in [4.78, 5) is 12.2. The SMILES string of the molecule is CC1CCC(NC(=O)c2n[nH]c3ccccc23)C1. The van der Waals surface area contributed by atoms with Gasteiger partial charge < -0.3 is 5.32 Å². The van der Waals surface area contributed by atoms with E-state index in [2.05, 4.69) is 22.4 Å². The Labute approximate surface area is 106 Å². The Balaban J connectivity index is 1.80. The van der Waals surface area contributed by atoms with Crippen molar-refractivity contribution in [3.05, 3.63) is 30.0 Å². The number of amides is 1. The summed E-state index contributed by atoms with van der Waals surface area (Å²) in [6.45, 7) is 2.23. The van der Waals surface area contributed by atoms with Crippen molar-refractivity contribution in [2.45, 2.75) is 32.2 Å². The maximum absolute atomic E-state index is 12.2. The van der Waals surface area contributed by atoms with E-state index in [1.807, 2.05) is 24.3 Å². The minimum atomic E-state index is -0.0634. The van der Waals surface area contributed by atoms with Gasteiger partial charge in [-0.1, -0.05) is 25.1 Å². The number of benzene rings is 1. The molecule has 0 aliphatic heterocycles. The molecule has 1 aromatic heterocycles. The quantitative estimate of drug-likeness (QED) is 0.851. The summed E-state index contributed by atoms with van der Waals surface area (Å²) < 4.78 is 0. The molecule has 18 heavy (non-hydrogen) atoms. The first-order valence-corrected chi connectivity index (χ1v) is 6.48. The number of para-hydroxylation sites is 1. The molecule has 3 rings (SSSR count). The van der Waals surface area contributed by atoms with Crippen LogP contribution in [0.25, 0.3) is 10.9 Å². The molecule has 0 saturated heterocycles. The number of H-pyrrole nitrogens is 1. The van der Waals surface area contributed by atoms with E-state index in [4.69, 9.17) is 0 Å². The van der Waals surface area contributed by atoms with Crippen molar-refractivity contribution in [1.29, 1.82) is 0 Å². The highest BCUT2D eigenvalue weighted by atomic mass is 16.2. The Bertz CT molecular complexity index is 575. The van der Waals surface area contributed by atoms with E-state index in [1.165, 1.54) is 6.42 Å². The fourth-order valence-corrected chi connectivity index (χ4v) is 2.73. The lowest BCUT2D eigenvalue weighted by atomic mass is 10.1. The zero-order chi connectivity index (χ0) is 12.5. The van der Waals surface area contributed by atoms with Gasteiger partial charge >= 0.3 is 0 Å². The smallest absolute Gasteiger partial charge is 0.272 e. The summed E-state index contributed by atoms with van der Waals surface area (Å²) in [5.74, 6) is 0.651. The number of hydrogen-bond acceptors (Lipinski definition) is 2. The number of aromatic amines is 1. The fraction of sp³-hybridized carbons (Fsp3) is 0.429. The summed E-state index contributed by atoms with van der Waals surface area (Å²) in [5, 5.41) is 11.0. The molecule has 2 aromatic rings. The van der Waals surface area contributed by atoms with Gasteiger partial charge in [0.15, 0.2) is 5.69 Å². The molecule has 1 heterocycles. The number of rotatable bonds is 2. The van der Waals surface area contributed by atoms with Crippen molar-refractivity contribution in [3.8, 4) is 0 Å². The van der Waals surface area contributed by atoms with Gasteiger partial charge in [-0.25, -0.2) is 0 Å². The number of hydrogen-bond donors (Lipinski definition) is 2. The van der Waals surface area contributed by atoms with Gasteiger partial charge in [0.25, 0.3) is 5.91 Å². The number of carbonyl (C=O) groups is 1. The van der Waals surface area contributed by atoms with E-state index < -0.39 is 0 Å². The molecule has 2 unspecified atom stereocenters. The highest BCUT2D eigenvalue weighted by molar-refractivity contribution is 6.04. The van der Waals surface area contributed by atoms with Crippen molar-refractivity contribution in [3.63, 3.8) is 0 Å². The maximum atomic E-state index is 12.2. The first-order valence-electron chi connectivity index (χ1n) is 6.48. The molecule has 94 valence electrons. The first kappa shape index (κ1) is 11.3. The molecule has 4 nitrogen and oxygen atoms in total. The summed E-state index contributed by atoms with van der Waals surface area (Å²) >= 11 is 0. The molecule has 1 aliphatic rings. The summed E-state index contributed by atoms with van der Waals surface area (Å²) in [6.07, 6.45) is 3.36. The highest BCUT2D eigenvalue weighted by Gasteiger charge is 2.24. The van der Waals surface area contributed by atoms with E-state index in [0.29, 0.717) is 17.7 Å². The van der Waals surface area contributed by atoms with Gasteiger partial charge in [0, 0.05) is 11.4 Å². The molecule has 1 fully saturated rings. The zero-order valence-electron chi connectivity index (χ0n) is 10.4. The predicted molar refractivity (Wildman–Crippen MR) is 70.4 cm³/mol. The van der Waals surface area contributed by atoms with Crippen molar-refractivity contribution in [2.75, 3.05) is 0 Å². The number of carbonyl (C=O) groups excluding carboxylic acids is 1. The molecule has 0 radical (unpaired) electrons. The number of nitrogens with zero attached hydrogens (tertiary/aromatic N) is 1. The van der Waals surface area contributed by atoms with Crippen LogP contribution in [0, 0.1) is 5.92 Å². The molecule has 1 aromatic carbocycles. The number of aromatic nitrogens is 2. The highest BCUT2D eigenvalue weighted by Crippen LogP contribution is 2.25. The van der Waals surface area contributed by atoms with Gasteiger partial charge in [0.05, 0.1) is 5.52 Å². The normalized spacial score (nSPS) is 23.4. The second kappa shape index (κ2) is 4.44. The third kappa shape index (κ3) is 1.98. The minimum absolute atomic E-state index is 0.0634. The molecule has 2 N–H and O–H groups in total. The van der Waals surface area contributed by atoms with Crippen LogP contribution in [0.5, 0.6) is 0 Å². The van der Waals surface area contributed by atoms with Crippen LogP contribution in [0.2, 0.25) is 0 Å². The summed E-state index contributed by atoms with van der Waals surface area (Å²) in [6, 6.07) is 8.01. The van der Waals surface area contributed by atoms with E-state index >= 15 is 0 Å². The van der Waals surface area contributed by atoms with Gasteiger partial charge in [-0.3, -0.25) is 9.89 Å². The van der Waals surface area contributed by atoms with Crippen LogP contribution in [0.3, 0.4) is 0 Å². The number of nitrogens with one attached hydrogen (secondary N) is 2. The van der Waals surface area contributed by atoms with Crippen LogP contribution < -0.4 is 5.32 Å². The summed E-state index contributed by atoms with van der Waals surface area (Å²) in [5.41, 5.74) is 1.41. The van der Waals surface area contributed by atoms with Crippen LogP contribution in [-0.4, -0.2) is 22.1 Å². The van der Waals surface area contributed by atoms with Crippen molar-refractivity contribution in [2.24, 2.45) is 5.92 Å². The van der Waals surface area contributed by atoms with E-state index in [0.717, 1.165) is 23.7 Å². The molecular weight excluding hydrogens is 226 g/mol. The van der Waals surface area contributed by atoms with Gasteiger partial charge in [-0.15, -0.1) is 0 Å². The second-order valence-electron chi connectivity index (χ2n) is 5.21. The molecule has 2 atom stereocenters. The molecule has 1 aliphatic carbocycles. The van der Waals surface area contributed by atoms with Crippen LogP contribution in [0.15, 0.2) is 24.3 Å². The Hall–Kier alpha value is -1.84. The zero-order valence-corrected chi connectivity index (χ0v) is 10.4. The first-order chi connectivity index (χ1) is 8.74. The molecule has 1 amide bonds. The largest absolute Gasteiger partial charge is 0.348 e. The third-order valence-electron chi connectivity index (χ3n) is 3.72. The topological polar surface area (TPSA) is 57.8 Å². The standard InChI is InChI=1S/C14H17N3O/c1-9-6-7-10(8-9)15-14(18)13-11-4-2-3-5-12(11)16-17-13/h2-5,9-10H,6-8H2,1H3,(H,15,18)(H,16,17). The Kier molecular flexibility index (Phi) is 2.78. The van der Waals surface area contributed by atoms with Gasteiger partial charge in [0.1, 0.15) is 0 Å². The van der Waals surface area contributed by atoms with Crippen LogP contribution in [-0.2, 0) is 0 Å². The van der Waals surface area contributed by atoms with Gasteiger partial charge in [-0.05, 0) is 31.2 Å². The second-order valence-corrected chi connectivity index (χ2v) is 5.21. The van der Waals surface area contributed by atoms with Crippen LogP contribution in [0.1, 0.15) is 36.7 Å². The summed E-state index contributed by atoms with van der Waals surface area (Å²) in [7, 11) is 0.